The van der Waals surface area contributed by atoms with E-state index in [2.05, 4.69) is 4.89 Å². The molecule has 0 aliphatic carbocycles. The smallest absolute Gasteiger partial charge is 0.105 e. The van der Waals surface area contributed by atoms with Gasteiger partial charge in [0.1, 0.15) is 6.61 Å². The zero-order valence-corrected chi connectivity index (χ0v) is 11.3. The van der Waals surface area contributed by atoms with Crippen LogP contribution in [0.3, 0.4) is 0 Å². The van der Waals surface area contributed by atoms with Crippen LogP contribution in [0.4, 0.5) is 0 Å². The van der Waals surface area contributed by atoms with Crippen molar-refractivity contribution in [1.82, 2.24) is 0 Å². The van der Waals surface area contributed by atoms with Gasteiger partial charge in [-0.1, -0.05) is 0 Å². The van der Waals surface area contributed by atoms with Crippen LogP contribution < -0.4 is 0 Å². The van der Waals surface area contributed by atoms with E-state index in [1.807, 2.05) is 0 Å². The molecule has 112 valence electrons. The summed E-state index contributed by atoms with van der Waals surface area (Å²) < 4.78 is 9.85. The molecule has 3 atom stereocenters. The SMILES string of the molecule is CC(CO)OCCOO.CC(O)COC(C)CO. The monoisotopic (exact) mass is 270 g/mol. The van der Waals surface area contributed by atoms with Gasteiger partial charge in [0.25, 0.3) is 0 Å². The first-order valence-corrected chi connectivity index (χ1v) is 5.87. The largest absolute Gasteiger partial charge is 0.394 e. The molecule has 0 amide bonds. The average molecular weight is 270 g/mol. The summed E-state index contributed by atoms with van der Waals surface area (Å²) in [6.45, 7) is 5.87. The minimum absolute atomic E-state index is 0.00667. The van der Waals surface area contributed by atoms with Gasteiger partial charge >= 0.3 is 0 Å². The first kappa shape index (κ1) is 20.0. The van der Waals surface area contributed by atoms with Gasteiger partial charge in [0.15, 0.2) is 0 Å². The molecule has 7 nitrogen and oxygen atoms in total. The molecule has 18 heavy (non-hydrogen) atoms. The number of hydrogen-bond acceptors (Lipinski definition) is 7. The standard InChI is InChI=1S/C6H14O3.C5H12O4/c1-5(8)4-9-6(2)3-7;1-5(4-6)8-2-3-9-7/h5-8H,3-4H2,1-2H3;5-7H,2-4H2,1H3. The Morgan fingerprint density at radius 3 is 1.78 bits per heavy atom. The summed E-state index contributed by atoms with van der Waals surface area (Å²) in [4.78, 5) is 3.73. The van der Waals surface area contributed by atoms with Gasteiger partial charge in [0.2, 0.25) is 0 Å². The van der Waals surface area contributed by atoms with Crippen LogP contribution in [0.25, 0.3) is 0 Å². The maximum absolute atomic E-state index is 8.69. The second kappa shape index (κ2) is 14.8. The maximum atomic E-state index is 8.69. The highest BCUT2D eigenvalue weighted by atomic mass is 17.1. The van der Waals surface area contributed by atoms with Gasteiger partial charge in [-0.25, -0.2) is 4.89 Å². The van der Waals surface area contributed by atoms with Crippen LogP contribution >= 0.6 is 0 Å². The van der Waals surface area contributed by atoms with Gasteiger partial charge in [-0.2, -0.15) is 0 Å². The summed E-state index contributed by atoms with van der Waals surface area (Å²) in [7, 11) is 0. The lowest BCUT2D eigenvalue weighted by molar-refractivity contribution is -0.251. The Balaban J connectivity index is 0. The number of aliphatic hydroxyl groups excluding tert-OH is 3. The van der Waals surface area contributed by atoms with Crippen molar-refractivity contribution in [2.24, 2.45) is 0 Å². The second-order valence-electron chi connectivity index (χ2n) is 3.87. The molecule has 0 heterocycles. The van der Waals surface area contributed by atoms with Gasteiger partial charge in [0, 0.05) is 0 Å². The Kier molecular flexibility index (Phi) is 16.5. The Labute approximate surface area is 108 Å². The van der Waals surface area contributed by atoms with Gasteiger partial charge < -0.3 is 24.8 Å². The lowest BCUT2D eigenvalue weighted by atomic mass is 10.4. The van der Waals surface area contributed by atoms with Gasteiger partial charge in [-0.15, -0.1) is 0 Å². The third-order valence-corrected chi connectivity index (χ3v) is 1.71. The molecule has 0 saturated heterocycles. The van der Waals surface area contributed by atoms with Crippen molar-refractivity contribution < 1.29 is 34.9 Å². The molecule has 3 unspecified atom stereocenters. The number of ether oxygens (including phenoxy) is 2. The Morgan fingerprint density at radius 1 is 0.889 bits per heavy atom. The molecule has 4 N–H and O–H groups in total. The predicted molar refractivity (Wildman–Crippen MR) is 65.3 cm³/mol. The van der Waals surface area contributed by atoms with Gasteiger partial charge in [0.05, 0.1) is 44.7 Å². The highest BCUT2D eigenvalue weighted by molar-refractivity contribution is 4.47. The molecular weight excluding hydrogens is 244 g/mol. The van der Waals surface area contributed by atoms with Crippen LogP contribution in [-0.2, 0) is 14.4 Å². The van der Waals surface area contributed by atoms with Crippen molar-refractivity contribution >= 4 is 0 Å². The fraction of sp³-hybridized carbons (Fsp3) is 1.00. The van der Waals surface area contributed by atoms with E-state index in [1.165, 1.54) is 0 Å². The Bertz CT molecular complexity index is 154. The molecule has 0 aliphatic rings. The average Bonchev–Trinajstić information content (AvgIpc) is 2.36. The minimum atomic E-state index is -0.445. The molecule has 7 heteroatoms. The quantitative estimate of drug-likeness (QED) is 0.257. The third-order valence-electron chi connectivity index (χ3n) is 1.71. The van der Waals surface area contributed by atoms with E-state index in [4.69, 9.17) is 30.1 Å². The zero-order valence-electron chi connectivity index (χ0n) is 11.3. The van der Waals surface area contributed by atoms with E-state index in [9.17, 15) is 0 Å². The summed E-state index contributed by atoms with van der Waals surface area (Å²) in [6.07, 6.45) is -0.793. The number of hydrogen-bond donors (Lipinski definition) is 4. The van der Waals surface area contributed by atoms with Crippen molar-refractivity contribution in [3.05, 3.63) is 0 Å². The van der Waals surface area contributed by atoms with Crippen molar-refractivity contribution in [2.75, 3.05) is 33.0 Å². The highest BCUT2D eigenvalue weighted by Crippen LogP contribution is 1.90. The second-order valence-corrected chi connectivity index (χ2v) is 3.87. The summed E-state index contributed by atoms with van der Waals surface area (Å²) in [6, 6.07) is 0. The van der Waals surface area contributed by atoms with Crippen LogP contribution in [0, 0.1) is 0 Å². The number of aliphatic hydroxyl groups is 3. The molecule has 0 aromatic heterocycles. The van der Waals surface area contributed by atoms with E-state index < -0.39 is 6.10 Å². The predicted octanol–water partition coefficient (Wildman–Crippen LogP) is -0.362. The summed E-state index contributed by atoms with van der Waals surface area (Å²) in [5.41, 5.74) is 0. The lowest BCUT2D eigenvalue weighted by Gasteiger charge is -2.10. The van der Waals surface area contributed by atoms with Crippen LogP contribution in [-0.4, -0.2) is 71.9 Å². The molecule has 0 aromatic rings. The van der Waals surface area contributed by atoms with E-state index in [0.29, 0.717) is 13.2 Å². The van der Waals surface area contributed by atoms with E-state index in [0.717, 1.165) is 0 Å². The first-order chi connectivity index (χ1) is 8.47. The molecule has 0 radical (unpaired) electrons. The van der Waals surface area contributed by atoms with Crippen molar-refractivity contribution in [2.45, 2.75) is 39.1 Å². The topological polar surface area (TPSA) is 109 Å². The fourth-order valence-electron chi connectivity index (χ4n) is 0.695. The fourth-order valence-corrected chi connectivity index (χ4v) is 0.695. The van der Waals surface area contributed by atoms with Crippen molar-refractivity contribution in [1.29, 1.82) is 0 Å². The Hall–Kier alpha value is -0.280. The molecular formula is C11H26O7. The van der Waals surface area contributed by atoms with Crippen LogP contribution in [0.5, 0.6) is 0 Å². The van der Waals surface area contributed by atoms with Gasteiger partial charge in [-0.3, -0.25) is 5.26 Å². The molecule has 0 saturated carbocycles. The lowest BCUT2D eigenvalue weighted by Crippen LogP contribution is -2.19. The molecule has 0 bridgehead atoms. The van der Waals surface area contributed by atoms with Gasteiger partial charge in [-0.05, 0) is 20.8 Å². The normalized spacial score (nSPS) is 15.5. The summed E-state index contributed by atoms with van der Waals surface area (Å²) in [5, 5.41) is 33.3. The third kappa shape index (κ3) is 18.1. The van der Waals surface area contributed by atoms with Crippen LogP contribution in [0.15, 0.2) is 0 Å². The molecule has 0 aliphatic heterocycles. The highest BCUT2D eigenvalue weighted by Gasteiger charge is 2.00. The Morgan fingerprint density at radius 2 is 1.39 bits per heavy atom. The molecule has 0 fully saturated rings. The van der Waals surface area contributed by atoms with E-state index >= 15 is 0 Å². The van der Waals surface area contributed by atoms with Crippen molar-refractivity contribution in [3.8, 4) is 0 Å². The summed E-state index contributed by atoms with van der Waals surface area (Å²) in [5.74, 6) is 0. The molecule has 0 aromatic carbocycles. The van der Waals surface area contributed by atoms with E-state index in [1.54, 1.807) is 20.8 Å². The molecule has 0 rings (SSSR count). The van der Waals surface area contributed by atoms with E-state index in [-0.39, 0.29) is 32.0 Å². The molecule has 0 spiro atoms. The zero-order chi connectivity index (χ0) is 14.4. The van der Waals surface area contributed by atoms with Crippen LogP contribution in [0.2, 0.25) is 0 Å². The minimum Gasteiger partial charge on any atom is -0.394 e. The summed E-state index contributed by atoms with van der Waals surface area (Å²) >= 11 is 0. The van der Waals surface area contributed by atoms with Crippen LogP contribution in [0.1, 0.15) is 20.8 Å². The first-order valence-electron chi connectivity index (χ1n) is 5.87. The van der Waals surface area contributed by atoms with Crippen molar-refractivity contribution in [3.63, 3.8) is 0 Å². The maximum Gasteiger partial charge on any atom is 0.105 e. The number of rotatable bonds is 9.